The monoisotopic (exact) mass is 332 g/mol. The molecule has 0 aliphatic heterocycles. The molecule has 4 nitrogen and oxygen atoms in total. The quantitative estimate of drug-likeness (QED) is 0.297. The Morgan fingerprint density at radius 1 is 0.900 bits per heavy atom. The van der Waals surface area contributed by atoms with Crippen LogP contribution in [0.1, 0.15) is 77.6 Å². The molecule has 1 unspecified atom stereocenters. The molecule has 0 radical (unpaired) electrons. The van der Waals surface area contributed by atoms with E-state index in [0.29, 0.717) is 19.3 Å². The Balaban J connectivity index is 0. The Kier molecular flexibility index (Phi) is 18.3. The minimum atomic E-state index is -4.06. The summed E-state index contributed by atoms with van der Waals surface area (Å²) >= 11 is 0. The van der Waals surface area contributed by atoms with E-state index in [1.807, 2.05) is 0 Å². The molecular formula is C14H29KO4S. The summed E-state index contributed by atoms with van der Waals surface area (Å²) in [7, 11) is -4.06. The van der Waals surface area contributed by atoms with Gasteiger partial charge in [0.1, 0.15) is 0 Å². The molecule has 116 valence electrons. The predicted octanol–water partition coefficient (Wildman–Crippen LogP) is 0.208. The van der Waals surface area contributed by atoms with Crippen molar-refractivity contribution < 1.29 is 69.5 Å². The molecule has 0 heterocycles. The van der Waals surface area contributed by atoms with E-state index in [2.05, 4.69) is 6.92 Å². The third kappa shape index (κ3) is 19.5. The third-order valence-corrected chi connectivity index (χ3v) is 4.11. The van der Waals surface area contributed by atoms with Crippen molar-refractivity contribution in [3.8, 4) is 0 Å². The van der Waals surface area contributed by atoms with E-state index in [1.54, 1.807) is 0 Å². The molecule has 0 aliphatic rings. The first-order valence-corrected chi connectivity index (χ1v) is 9.15. The van der Waals surface area contributed by atoms with Crippen molar-refractivity contribution in [3.63, 3.8) is 0 Å². The summed E-state index contributed by atoms with van der Waals surface area (Å²) in [4.78, 5) is 0. The fraction of sp³-hybridized carbons (Fsp3) is 1.00. The largest absolute Gasteiger partial charge is 1.00 e. The number of hydrogen-bond acceptors (Lipinski definition) is 4. The molecule has 1 N–H and O–H groups in total. The zero-order valence-corrected chi connectivity index (χ0v) is 17.1. The Hall–Kier alpha value is 1.51. The van der Waals surface area contributed by atoms with Crippen LogP contribution in [0.5, 0.6) is 0 Å². The molecule has 0 rings (SSSR count). The first-order valence-electron chi connectivity index (χ1n) is 7.57. The summed E-state index contributed by atoms with van der Waals surface area (Å²) in [5.74, 6) is -0.277. The van der Waals surface area contributed by atoms with Gasteiger partial charge in [-0.2, -0.15) is 0 Å². The number of aliphatic hydroxyl groups excluding tert-OH is 1. The van der Waals surface area contributed by atoms with Crippen LogP contribution in [0, 0.1) is 0 Å². The second-order valence-corrected chi connectivity index (χ2v) is 6.85. The molecule has 0 aromatic carbocycles. The second kappa shape index (κ2) is 15.4. The smallest absolute Gasteiger partial charge is 0.748 e. The average Bonchev–Trinajstić information content (AvgIpc) is 2.31. The van der Waals surface area contributed by atoms with E-state index in [0.717, 1.165) is 19.3 Å². The van der Waals surface area contributed by atoms with E-state index < -0.39 is 10.1 Å². The van der Waals surface area contributed by atoms with Crippen LogP contribution < -0.4 is 51.4 Å². The van der Waals surface area contributed by atoms with E-state index in [-0.39, 0.29) is 63.2 Å². The predicted molar refractivity (Wildman–Crippen MR) is 77.0 cm³/mol. The maximum Gasteiger partial charge on any atom is 1.00 e. The molecule has 0 aliphatic carbocycles. The molecule has 0 aromatic heterocycles. The van der Waals surface area contributed by atoms with Gasteiger partial charge in [-0.15, -0.1) is 0 Å². The Morgan fingerprint density at radius 3 is 1.85 bits per heavy atom. The zero-order valence-electron chi connectivity index (χ0n) is 13.1. The van der Waals surface area contributed by atoms with E-state index in [4.69, 9.17) is 0 Å². The second-order valence-electron chi connectivity index (χ2n) is 5.32. The van der Waals surface area contributed by atoms with Gasteiger partial charge in [-0.05, 0) is 19.3 Å². The Labute approximate surface area is 167 Å². The first-order chi connectivity index (χ1) is 8.95. The summed E-state index contributed by atoms with van der Waals surface area (Å²) in [5.41, 5.74) is 0. The van der Waals surface area contributed by atoms with Gasteiger partial charge in [0.25, 0.3) is 0 Å². The fourth-order valence-electron chi connectivity index (χ4n) is 2.14. The van der Waals surface area contributed by atoms with Crippen molar-refractivity contribution in [3.05, 3.63) is 0 Å². The maximum absolute atomic E-state index is 10.4. The van der Waals surface area contributed by atoms with Crippen molar-refractivity contribution in [2.75, 3.05) is 5.75 Å². The Morgan fingerprint density at radius 2 is 1.35 bits per heavy atom. The van der Waals surface area contributed by atoms with Gasteiger partial charge in [-0.3, -0.25) is 0 Å². The molecule has 20 heavy (non-hydrogen) atoms. The summed E-state index contributed by atoms with van der Waals surface area (Å²) in [6.07, 6.45) is 10.5. The molecule has 0 fully saturated rings. The van der Waals surface area contributed by atoms with Crippen molar-refractivity contribution in [1.82, 2.24) is 0 Å². The number of rotatable bonds is 13. The van der Waals surface area contributed by atoms with Gasteiger partial charge in [0, 0.05) is 5.75 Å². The van der Waals surface area contributed by atoms with Gasteiger partial charge in [0.15, 0.2) is 0 Å². The van der Waals surface area contributed by atoms with Gasteiger partial charge in [0.05, 0.1) is 16.2 Å². The normalized spacial score (nSPS) is 12.9. The molecule has 0 bridgehead atoms. The maximum atomic E-state index is 10.4. The molecule has 0 spiro atoms. The van der Waals surface area contributed by atoms with E-state index in [9.17, 15) is 18.1 Å². The Bertz CT molecular complexity index is 294. The van der Waals surface area contributed by atoms with Gasteiger partial charge in [-0.25, -0.2) is 8.42 Å². The molecular weight excluding hydrogens is 303 g/mol. The van der Waals surface area contributed by atoms with Crippen LogP contribution in [0.4, 0.5) is 0 Å². The minimum Gasteiger partial charge on any atom is -0.748 e. The van der Waals surface area contributed by atoms with Crippen LogP contribution >= 0.6 is 0 Å². The van der Waals surface area contributed by atoms with Crippen LogP contribution in [-0.2, 0) is 10.1 Å². The van der Waals surface area contributed by atoms with Crippen LogP contribution in [-0.4, -0.2) is 29.9 Å². The fourth-order valence-corrected chi connectivity index (χ4v) is 2.70. The molecule has 0 saturated heterocycles. The summed E-state index contributed by atoms with van der Waals surface area (Å²) in [6.45, 7) is 2.20. The molecule has 0 saturated carbocycles. The average molecular weight is 333 g/mol. The van der Waals surface area contributed by atoms with Crippen molar-refractivity contribution in [1.29, 1.82) is 0 Å². The molecule has 1 atom stereocenters. The van der Waals surface area contributed by atoms with E-state index >= 15 is 0 Å². The van der Waals surface area contributed by atoms with Crippen molar-refractivity contribution >= 4 is 10.1 Å². The summed E-state index contributed by atoms with van der Waals surface area (Å²) in [6, 6.07) is 0. The molecule has 0 aromatic rings. The van der Waals surface area contributed by atoms with Crippen molar-refractivity contribution in [2.45, 2.75) is 83.7 Å². The van der Waals surface area contributed by atoms with Crippen LogP contribution in [0.15, 0.2) is 0 Å². The summed E-state index contributed by atoms with van der Waals surface area (Å²) < 4.78 is 31.1. The van der Waals surface area contributed by atoms with Crippen LogP contribution in [0.25, 0.3) is 0 Å². The van der Waals surface area contributed by atoms with Crippen LogP contribution in [0.3, 0.4) is 0 Å². The van der Waals surface area contributed by atoms with Crippen LogP contribution in [0.2, 0.25) is 0 Å². The van der Waals surface area contributed by atoms with Gasteiger partial charge in [0.2, 0.25) is 0 Å². The minimum absolute atomic E-state index is 0. The van der Waals surface area contributed by atoms with Gasteiger partial charge < -0.3 is 9.66 Å². The standard InChI is InChI=1S/C14H30O4S.K/c1-2-3-4-5-6-8-11-14(15)12-9-7-10-13-19(16,17)18;/h14-15H,2-13H2,1H3,(H,16,17,18);/q;+1/p-1. The zero-order chi connectivity index (χ0) is 14.6. The summed E-state index contributed by atoms with van der Waals surface area (Å²) in [5, 5.41) is 9.73. The molecule has 6 heteroatoms. The topological polar surface area (TPSA) is 77.4 Å². The van der Waals surface area contributed by atoms with E-state index in [1.165, 1.54) is 32.1 Å². The van der Waals surface area contributed by atoms with Crippen molar-refractivity contribution in [2.24, 2.45) is 0 Å². The van der Waals surface area contributed by atoms with Gasteiger partial charge >= 0.3 is 51.4 Å². The third-order valence-electron chi connectivity index (χ3n) is 3.32. The number of unbranched alkanes of at least 4 members (excludes halogenated alkanes) is 7. The number of hydrogen-bond donors (Lipinski definition) is 1. The SMILES string of the molecule is CCCCCCCCC(O)CCCCCS(=O)(=O)[O-].[K+]. The molecule has 0 amide bonds. The number of aliphatic hydroxyl groups is 1. The first kappa shape index (κ1) is 23.8. The van der Waals surface area contributed by atoms with Gasteiger partial charge in [-0.1, -0.05) is 58.3 Å².